The molecule has 21 heavy (non-hydrogen) atoms. The van der Waals surface area contributed by atoms with E-state index in [0.29, 0.717) is 6.54 Å². The number of hydrogen-bond donors (Lipinski definition) is 0. The largest absolute Gasteiger partial charge is 0.344 e. The van der Waals surface area contributed by atoms with Crippen LogP contribution in [0.3, 0.4) is 0 Å². The normalized spacial score (nSPS) is 11.0. The maximum atomic E-state index is 12.4. The van der Waals surface area contributed by atoms with E-state index in [0.717, 1.165) is 42.0 Å². The monoisotopic (exact) mass is 305 g/mol. The maximum absolute atomic E-state index is 12.4. The summed E-state index contributed by atoms with van der Waals surface area (Å²) in [6, 6.07) is 8.01. The van der Waals surface area contributed by atoms with Crippen molar-refractivity contribution in [1.29, 1.82) is 0 Å². The summed E-state index contributed by atoms with van der Waals surface area (Å²) in [7, 11) is 1.88. The van der Waals surface area contributed by atoms with Crippen molar-refractivity contribution in [2.24, 2.45) is 0 Å². The lowest BCUT2D eigenvalue weighted by Gasteiger charge is -2.18. The van der Waals surface area contributed by atoms with Gasteiger partial charge in [-0.05, 0) is 24.8 Å². The first kappa shape index (κ1) is 15.9. The van der Waals surface area contributed by atoms with Gasteiger partial charge in [0.2, 0.25) is 5.91 Å². The van der Waals surface area contributed by atoms with Crippen LogP contribution in [0.15, 0.2) is 24.3 Å². The molecule has 2 aromatic rings. The van der Waals surface area contributed by atoms with Crippen LogP contribution in [0, 0.1) is 0 Å². The third-order valence-electron chi connectivity index (χ3n) is 3.57. The highest BCUT2D eigenvalue weighted by Crippen LogP contribution is 2.19. The number of fused-ring (bicyclic) bond motifs is 1. The molecule has 5 heteroatoms. The van der Waals surface area contributed by atoms with Crippen LogP contribution in [-0.4, -0.2) is 40.2 Å². The molecule has 0 N–H and O–H groups in total. The lowest BCUT2D eigenvalue weighted by molar-refractivity contribution is -0.130. The summed E-state index contributed by atoms with van der Waals surface area (Å²) < 4.78 is 2.05. The molecule has 0 bridgehead atoms. The van der Waals surface area contributed by atoms with Crippen molar-refractivity contribution >= 4 is 28.7 Å². The number of carbonyl (C=O) groups is 1. The van der Waals surface area contributed by atoms with Gasteiger partial charge in [-0.1, -0.05) is 25.5 Å². The molecule has 1 aromatic heterocycles. The highest BCUT2D eigenvalue weighted by molar-refractivity contribution is 7.97. The number of aromatic nitrogens is 2. The first-order valence-electron chi connectivity index (χ1n) is 7.34. The molecule has 1 heterocycles. The number of para-hydroxylation sites is 2. The van der Waals surface area contributed by atoms with E-state index in [1.54, 1.807) is 11.8 Å². The maximum Gasteiger partial charge on any atom is 0.242 e. The average molecular weight is 305 g/mol. The van der Waals surface area contributed by atoms with E-state index in [9.17, 15) is 4.79 Å². The molecule has 2 rings (SSSR count). The molecule has 0 radical (unpaired) electrons. The number of likely N-dealkylation sites (N-methyl/N-ethyl adjacent to an activating group) is 1. The first-order valence-corrected chi connectivity index (χ1v) is 8.73. The molecular formula is C16H23N3OS. The highest BCUT2D eigenvalue weighted by atomic mass is 32.2. The Morgan fingerprint density at radius 2 is 2.14 bits per heavy atom. The van der Waals surface area contributed by atoms with Crippen molar-refractivity contribution in [1.82, 2.24) is 14.5 Å². The summed E-state index contributed by atoms with van der Waals surface area (Å²) in [5.74, 6) is 1.94. The van der Waals surface area contributed by atoms with Crippen molar-refractivity contribution < 1.29 is 4.79 Å². The van der Waals surface area contributed by atoms with Crippen LogP contribution < -0.4 is 0 Å². The fourth-order valence-electron chi connectivity index (χ4n) is 2.32. The Bertz CT molecular complexity index is 609. The van der Waals surface area contributed by atoms with E-state index in [4.69, 9.17) is 0 Å². The van der Waals surface area contributed by atoms with Gasteiger partial charge in [-0.15, -0.1) is 0 Å². The molecule has 0 fully saturated rings. The Hall–Kier alpha value is -1.49. The number of unbranched alkanes of at least 4 members (excludes halogenated alkanes) is 1. The van der Waals surface area contributed by atoms with Gasteiger partial charge in [-0.3, -0.25) is 4.79 Å². The van der Waals surface area contributed by atoms with E-state index in [1.165, 1.54) is 0 Å². The van der Waals surface area contributed by atoms with Crippen molar-refractivity contribution in [2.45, 2.75) is 32.1 Å². The minimum Gasteiger partial charge on any atom is -0.344 e. The quantitative estimate of drug-likeness (QED) is 0.788. The summed E-state index contributed by atoms with van der Waals surface area (Å²) in [5.41, 5.74) is 2.00. The molecule has 0 unspecified atom stereocenters. The molecule has 0 spiro atoms. The van der Waals surface area contributed by atoms with Crippen LogP contribution >= 0.6 is 11.8 Å². The topological polar surface area (TPSA) is 38.1 Å². The van der Waals surface area contributed by atoms with Crippen LogP contribution in [-0.2, 0) is 17.1 Å². The van der Waals surface area contributed by atoms with Crippen LogP contribution in [0.2, 0.25) is 0 Å². The fourth-order valence-corrected chi connectivity index (χ4v) is 2.80. The zero-order chi connectivity index (χ0) is 15.2. The lowest BCUT2D eigenvalue weighted by atomic mass is 10.3. The predicted octanol–water partition coefficient (Wildman–Crippen LogP) is 3.16. The Kier molecular flexibility index (Phi) is 5.67. The molecule has 0 atom stereocenters. The highest BCUT2D eigenvalue weighted by Gasteiger charge is 2.15. The Morgan fingerprint density at radius 3 is 2.86 bits per heavy atom. The molecule has 4 nitrogen and oxygen atoms in total. The standard InChI is InChI=1S/C16H23N3OS/c1-4-5-10-18(2)16(20)11-19-14-9-7-6-8-13(14)17-15(19)12-21-3/h6-9H,4-5,10-12H2,1-3H3. The molecule has 0 aliphatic heterocycles. The van der Waals surface area contributed by atoms with Gasteiger partial charge in [-0.2, -0.15) is 11.8 Å². The molecule has 114 valence electrons. The van der Waals surface area contributed by atoms with E-state index >= 15 is 0 Å². The summed E-state index contributed by atoms with van der Waals surface area (Å²) in [5, 5.41) is 0. The summed E-state index contributed by atoms with van der Waals surface area (Å²) in [6.07, 6.45) is 4.20. The van der Waals surface area contributed by atoms with E-state index in [1.807, 2.05) is 36.2 Å². The fraction of sp³-hybridized carbons (Fsp3) is 0.500. The van der Waals surface area contributed by atoms with Gasteiger partial charge in [0.15, 0.2) is 0 Å². The zero-order valence-electron chi connectivity index (χ0n) is 13.0. The second-order valence-corrected chi connectivity index (χ2v) is 6.07. The van der Waals surface area contributed by atoms with Gasteiger partial charge < -0.3 is 9.47 Å². The molecule has 0 saturated carbocycles. The Morgan fingerprint density at radius 1 is 1.38 bits per heavy atom. The van der Waals surface area contributed by atoms with Crippen LogP contribution in [0.4, 0.5) is 0 Å². The first-order chi connectivity index (χ1) is 10.2. The second kappa shape index (κ2) is 7.50. The van der Waals surface area contributed by atoms with Crippen LogP contribution in [0.25, 0.3) is 11.0 Å². The minimum atomic E-state index is 0.147. The number of carbonyl (C=O) groups excluding carboxylic acids is 1. The molecular weight excluding hydrogens is 282 g/mol. The van der Waals surface area contributed by atoms with Crippen molar-refractivity contribution in [2.75, 3.05) is 19.8 Å². The van der Waals surface area contributed by atoms with E-state index < -0.39 is 0 Å². The number of rotatable bonds is 7. The van der Waals surface area contributed by atoms with Crippen LogP contribution in [0.1, 0.15) is 25.6 Å². The van der Waals surface area contributed by atoms with Gasteiger partial charge in [0.05, 0.1) is 16.8 Å². The summed E-state index contributed by atoms with van der Waals surface area (Å²) in [6.45, 7) is 3.33. The molecule has 1 aromatic carbocycles. The smallest absolute Gasteiger partial charge is 0.242 e. The number of thioether (sulfide) groups is 1. The Balaban J connectivity index is 2.23. The number of nitrogens with zero attached hydrogens (tertiary/aromatic N) is 3. The third kappa shape index (κ3) is 3.79. The Labute approximate surface area is 130 Å². The van der Waals surface area contributed by atoms with Gasteiger partial charge in [0.1, 0.15) is 12.4 Å². The van der Waals surface area contributed by atoms with Gasteiger partial charge >= 0.3 is 0 Å². The minimum absolute atomic E-state index is 0.147. The van der Waals surface area contributed by atoms with E-state index in [2.05, 4.69) is 22.7 Å². The zero-order valence-corrected chi connectivity index (χ0v) is 13.8. The van der Waals surface area contributed by atoms with E-state index in [-0.39, 0.29) is 5.91 Å². The third-order valence-corrected chi connectivity index (χ3v) is 4.12. The van der Waals surface area contributed by atoms with Gasteiger partial charge in [0, 0.05) is 13.6 Å². The lowest BCUT2D eigenvalue weighted by Crippen LogP contribution is -2.31. The molecule has 0 saturated heterocycles. The van der Waals surface area contributed by atoms with Crippen molar-refractivity contribution in [3.8, 4) is 0 Å². The van der Waals surface area contributed by atoms with Crippen LogP contribution in [0.5, 0.6) is 0 Å². The SMILES string of the molecule is CCCCN(C)C(=O)Cn1c(CSC)nc2ccccc21. The summed E-state index contributed by atoms with van der Waals surface area (Å²) >= 11 is 1.73. The predicted molar refractivity (Wildman–Crippen MR) is 89.5 cm³/mol. The average Bonchev–Trinajstić information content (AvgIpc) is 2.83. The second-order valence-electron chi connectivity index (χ2n) is 5.20. The number of amides is 1. The number of hydrogen-bond acceptors (Lipinski definition) is 3. The summed E-state index contributed by atoms with van der Waals surface area (Å²) in [4.78, 5) is 18.9. The molecule has 0 aliphatic rings. The number of imidazole rings is 1. The molecule has 1 amide bonds. The molecule has 0 aliphatic carbocycles. The van der Waals surface area contributed by atoms with Gasteiger partial charge in [-0.25, -0.2) is 4.98 Å². The van der Waals surface area contributed by atoms with Crippen molar-refractivity contribution in [3.63, 3.8) is 0 Å². The van der Waals surface area contributed by atoms with Gasteiger partial charge in [0.25, 0.3) is 0 Å². The number of benzene rings is 1. The van der Waals surface area contributed by atoms with Crippen molar-refractivity contribution in [3.05, 3.63) is 30.1 Å².